The molecular weight excluding hydrogens is 368 g/mol. The number of nitrogens with one attached hydrogen (secondary N) is 2. The molecule has 0 aliphatic rings. The molecular formula is C20H17F2N3O3. The van der Waals surface area contributed by atoms with E-state index < -0.39 is 17.5 Å². The standard InChI is InChI=1S/C20H17F2N3O3/c1-27-14-4-6-17(19(11-14)28-2)25-20(26)18-10-13(7-8-23-18)24-12-3-5-15(21)16(22)9-12/h3-11H,1-2H3,(H,23,24)(H,25,26). The fourth-order valence-electron chi connectivity index (χ4n) is 2.46. The molecule has 1 aromatic heterocycles. The van der Waals surface area contributed by atoms with Gasteiger partial charge >= 0.3 is 0 Å². The van der Waals surface area contributed by atoms with Gasteiger partial charge in [0.1, 0.15) is 17.2 Å². The maximum Gasteiger partial charge on any atom is 0.274 e. The SMILES string of the molecule is COc1ccc(NC(=O)c2cc(Nc3ccc(F)c(F)c3)ccn2)c(OC)c1. The number of aromatic nitrogens is 1. The molecule has 6 nitrogen and oxygen atoms in total. The van der Waals surface area contributed by atoms with Crippen molar-refractivity contribution >= 4 is 23.0 Å². The fraction of sp³-hybridized carbons (Fsp3) is 0.100. The monoisotopic (exact) mass is 385 g/mol. The van der Waals surface area contributed by atoms with Gasteiger partial charge in [-0.1, -0.05) is 0 Å². The average molecular weight is 385 g/mol. The van der Waals surface area contributed by atoms with E-state index in [1.54, 1.807) is 24.3 Å². The average Bonchev–Trinajstić information content (AvgIpc) is 2.71. The number of hydrogen-bond acceptors (Lipinski definition) is 5. The van der Waals surface area contributed by atoms with Crippen LogP contribution in [0.5, 0.6) is 11.5 Å². The molecule has 0 saturated heterocycles. The minimum atomic E-state index is -0.969. The van der Waals surface area contributed by atoms with Crippen molar-refractivity contribution in [3.8, 4) is 11.5 Å². The van der Waals surface area contributed by atoms with Gasteiger partial charge in [0, 0.05) is 29.7 Å². The minimum Gasteiger partial charge on any atom is -0.497 e. The second-order valence-electron chi connectivity index (χ2n) is 5.70. The Morgan fingerprint density at radius 1 is 0.929 bits per heavy atom. The smallest absolute Gasteiger partial charge is 0.274 e. The van der Waals surface area contributed by atoms with Crippen LogP contribution in [0.25, 0.3) is 0 Å². The number of amides is 1. The molecule has 1 heterocycles. The van der Waals surface area contributed by atoms with Crippen LogP contribution in [0.1, 0.15) is 10.5 Å². The van der Waals surface area contributed by atoms with Crippen LogP contribution in [0.15, 0.2) is 54.7 Å². The molecule has 0 bridgehead atoms. The Morgan fingerprint density at radius 3 is 2.43 bits per heavy atom. The van der Waals surface area contributed by atoms with Gasteiger partial charge in [0.2, 0.25) is 0 Å². The van der Waals surface area contributed by atoms with E-state index in [9.17, 15) is 13.6 Å². The molecule has 2 N–H and O–H groups in total. The van der Waals surface area contributed by atoms with Gasteiger partial charge in [0.15, 0.2) is 11.6 Å². The van der Waals surface area contributed by atoms with Crippen molar-refractivity contribution in [1.82, 2.24) is 4.98 Å². The van der Waals surface area contributed by atoms with Gasteiger partial charge in [-0.3, -0.25) is 9.78 Å². The predicted molar refractivity (Wildman–Crippen MR) is 101 cm³/mol. The Bertz CT molecular complexity index is 1010. The highest BCUT2D eigenvalue weighted by molar-refractivity contribution is 6.04. The second-order valence-corrected chi connectivity index (χ2v) is 5.70. The molecule has 0 fully saturated rings. The molecule has 1 amide bonds. The number of hydrogen-bond donors (Lipinski definition) is 2. The maximum absolute atomic E-state index is 13.3. The van der Waals surface area contributed by atoms with E-state index in [0.717, 1.165) is 12.1 Å². The first-order valence-corrected chi connectivity index (χ1v) is 8.21. The van der Waals surface area contributed by atoms with Gasteiger partial charge in [0.05, 0.1) is 19.9 Å². The summed E-state index contributed by atoms with van der Waals surface area (Å²) in [4.78, 5) is 16.6. The molecule has 3 aromatic rings. The van der Waals surface area contributed by atoms with Gasteiger partial charge in [-0.15, -0.1) is 0 Å². The topological polar surface area (TPSA) is 72.5 Å². The van der Waals surface area contributed by atoms with Crippen LogP contribution >= 0.6 is 0 Å². The summed E-state index contributed by atoms with van der Waals surface area (Å²) >= 11 is 0. The maximum atomic E-state index is 13.3. The van der Waals surface area contributed by atoms with E-state index in [4.69, 9.17) is 9.47 Å². The number of carbonyl (C=O) groups excluding carboxylic acids is 1. The highest BCUT2D eigenvalue weighted by atomic mass is 19.2. The van der Waals surface area contributed by atoms with Crippen LogP contribution in [0.4, 0.5) is 25.8 Å². The van der Waals surface area contributed by atoms with Crippen LogP contribution in [-0.4, -0.2) is 25.1 Å². The lowest BCUT2D eigenvalue weighted by Crippen LogP contribution is -2.14. The zero-order valence-corrected chi connectivity index (χ0v) is 15.1. The highest BCUT2D eigenvalue weighted by Gasteiger charge is 2.13. The molecule has 144 valence electrons. The summed E-state index contributed by atoms with van der Waals surface area (Å²) in [6.07, 6.45) is 1.43. The Kier molecular flexibility index (Phi) is 5.69. The van der Waals surface area contributed by atoms with Gasteiger partial charge < -0.3 is 20.1 Å². The van der Waals surface area contributed by atoms with Gasteiger partial charge in [-0.2, -0.15) is 0 Å². The molecule has 28 heavy (non-hydrogen) atoms. The molecule has 0 atom stereocenters. The molecule has 0 aliphatic heterocycles. The lowest BCUT2D eigenvalue weighted by Gasteiger charge is -2.12. The zero-order chi connectivity index (χ0) is 20.1. The lowest BCUT2D eigenvalue weighted by molar-refractivity contribution is 0.102. The predicted octanol–water partition coefficient (Wildman–Crippen LogP) is 4.37. The van der Waals surface area contributed by atoms with Crippen molar-refractivity contribution in [3.05, 3.63) is 72.1 Å². The summed E-state index contributed by atoms with van der Waals surface area (Å²) in [7, 11) is 3.01. The summed E-state index contributed by atoms with van der Waals surface area (Å²) in [5.41, 5.74) is 1.42. The van der Waals surface area contributed by atoms with Crippen LogP contribution in [0, 0.1) is 11.6 Å². The van der Waals surface area contributed by atoms with Gasteiger partial charge in [-0.25, -0.2) is 8.78 Å². The molecule has 0 radical (unpaired) electrons. The molecule has 0 spiro atoms. The first kappa shape index (κ1) is 19.1. The third-order valence-electron chi connectivity index (χ3n) is 3.86. The summed E-state index contributed by atoms with van der Waals surface area (Å²) in [5, 5.41) is 5.62. The van der Waals surface area contributed by atoms with Crippen molar-refractivity contribution in [1.29, 1.82) is 0 Å². The largest absolute Gasteiger partial charge is 0.497 e. The molecule has 3 rings (SSSR count). The Labute approximate surface area is 160 Å². The highest BCUT2D eigenvalue weighted by Crippen LogP contribution is 2.29. The van der Waals surface area contributed by atoms with E-state index in [1.165, 1.54) is 32.5 Å². The Morgan fingerprint density at radius 2 is 1.71 bits per heavy atom. The zero-order valence-electron chi connectivity index (χ0n) is 15.1. The third-order valence-corrected chi connectivity index (χ3v) is 3.86. The number of halogens is 2. The van der Waals surface area contributed by atoms with Crippen LogP contribution in [0.2, 0.25) is 0 Å². The van der Waals surface area contributed by atoms with Gasteiger partial charge in [-0.05, 0) is 36.4 Å². The summed E-state index contributed by atoms with van der Waals surface area (Å²) in [6, 6.07) is 11.5. The second kappa shape index (κ2) is 8.34. The van der Waals surface area contributed by atoms with E-state index >= 15 is 0 Å². The first-order valence-electron chi connectivity index (χ1n) is 8.21. The molecule has 0 aliphatic carbocycles. The van der Waals surface area contributed by atoms with Crippen molar-refractivity contribution in [2.24, 2.45) is 0 Å². The Balaban J connectivity index is 1.78. The first-order chi connectivity index (χ1) is 13.5. The Hall–Kier alpha value is -3.68. The molecule has 0 saturated carbocycles. The molecule has 8 heteroatoms. The van der Waals surface area contributed by atoms with Crippen LogP contribution in [-0.2, 0) is 0 Å². The minimum absolute atomic E-state index is 0.130. The van der Waals surface area contributed by atoms with E-state index in [2.05, 4.69) is 15.6 Å². The van der Waals surface area contributed by atoms with Gasteiger partial charge in [0.25, 0.3) is 5.91 Å². The number of ether oxygens (including phenoxy) is 2. The van der Waals surface area contributed by atoms with E-state index in [1.807, 2.05) is 0 Å². The molecule has 2 aromatic carbocycles. The normalized spacial score (nSPS) is 10.3. The fourth-order valence-corrected chi connectivity index (χ4v) is 2.46. The number of nitrogens with zero attached hydrogens (tertiary/aromatic N) is 1. The summed E-state index contributed by atoms with van der Waals surface area (Å²) in [5.74, 6) is -1.34. The van der Waals surface area contributed by atoms with Crippen molar-refractivity contribution < 1.29 is 23.0 Å². The number of rotatable bonds is 6. The van der Waals surface area contributed by atoms with Crippen molar-refractivity contribution in [2.45, 2.75) is 0 Å². The van der Waals surface area contributed by atoms with E-state index in [0.29, 0.717) is 28.6 Å². The number of methoxy groups -OCH3 is 2. The number of benzene rings is 2. The van der Waals surface area contributed by atoms with Crippen LogP contribution in [0.3, 0.4) is 0 Å². The van der Waals surface area contributed by atoms with Crippen molar-refractivity contribution in [3.63, 3.8) is 0 Å². The number of anilines is 3. The van der Waals surface area contributed by atoms with Crippen molar-refractivity contribution in [2.75, 3.05) is 24.9 Å². The summed E-state index contributed by atoms with van der Waals surface area (Å²) in [6.45, 7) is 0. The number of pyridine rings is 1. The number of carbonyl (C=O) groups is 1. The third kappa shape index (κ3) is 4.35. The van der Waals surface area contributed by atoms with E-state index in [-0.39, 0.29) is 5.69 Å². The molecule has 0 unspecified atom stereocenters. The lowest BCUT2D eigenvalue weighted by atomic mass is 10.2. The quantitative estimate of drug-likeness (QED) is 0.659. The summed E-state index contributed by atoms with van der Waals surface area (Å²) < 4.78 is 36.8. The van der Waals surface area contributed by atoms with Crippen LogP contribution < -0.4 is 20.1 Å².